The molecule has 2 aliphatic rings. The van der Waals surface area contributed by atoms with Gasteiger partial charge in [0.2, 0.25) is 10.0 Å². The minimum atomic E-state index is -3.59. The van der Waals surface area contributed by atoms with Gasteiger partial charge in [0.25, 0.3) is 0 Å². The molecule has 0 amide bonds. The largest absolute Gasteiger partial charge is 0.372 e. The first-order valence-corrected chi connectivity index (χ1v) is 8.56. The molecule has 0 unspecified atom stereocenters. The van der Waals surface area contributed by atoms with E-state index in [1.54, 1.807) is 0 Å². The number of ether oxygens (including phenoxy) is 1. The molecule has 1 aromatic carbocycles. The van der Waals surface area contributed by atoms with Crippen LogP contribution < -0.4 is 5.32 Å². The van der Waals surface area contributed by atoms with Gasteiger partial charge in [-0.2, -0.15) is 4.31 Å². The quantitative estimate of drug-likeness (QED) is 0.884. The van der Waals surface area contributed by atoms with Crippen LogP contribution >= 0.6 is 0 Å². The van der Waals surface area contributed by atoms with Gasteiger partial charge in [0, 0.05) is 13.1 Å². The van der Waals surface area contributed by atoms with Crippen LogP contribution in [0.3, 0.4) is 0 Å². The molecule has 0 bridgehead atoms. The summed E-state index contributed by atoms with van der Waals surface area (Å²) >= 11 is 0. The Balaban J connectivity index is 1.83. The molecule has 0 atom stereocenters. The Morgan fingerprint density at radius 2 is 1.86 bits per heavy atom. The second-order valence-electron chi connectivity index (χ2n) is 5.57. The fraction of sp³-hybridized carbons (Fsp3) is 0.571. The zero-order chi connectivity index (χ0) is 14.9. The lowest BCUT2D eigenvalue weighted by atomic mass is 9.91. The summed E-state index contributed by atoms with van der Waals surface area (Å²) < 4.78 is 45.6. The predicted octanol–water partition coefficient (Wildman–Crippen LogP) is 0.969. The third-order valence-electron chi connectivity index (χ3n) is 4.18. The number of benzene rings is 1. The van der Waals surface area contributed by atoms with Crippen LogP contribution in [0.15, 0.2) is 29.2 Å². The summed E-state index contributed by atoms with van der Waals surface area (Å²) in [6.07, 6.45) is 1.62. The van der Waals surface area contributed by atoms with Crippen molar-refractivity contribution in [1.29, 1.82) is 0 Å². The molecule has 2 heterocycles. The van der Waals surface area contributed by atoms with Crippen LogP contribution in [0.5, 0.6) is 0 Å². The van der Waals surface area contributed by atoms with Gasteiger partial charge >= 0.3 is 0 Å². The van der Waals surface area contributed by atoms with Gasteiger partial charge in [0.05, 0.1) is 17.1 Å². The molecule has 0 aliphatic carbocycles. The van der Waals surface area contributed by atoms with Crippen molar-refractivity contribution in [2.24, 2.45) is 0 Å². The van der Waals surface area contributed by atoms with E-state index in [0.29, 0.717) is 19.7 Å². The lowest BCUT2D eigenvalue weighted by Crippen LogP contribution is -2.57. The number of nitrogens with zero attached hydrogens (tertiary/aromatic N) is 1. The van der Waals surface area contributed by atoms with Gasteiger partial charge in [-0.25, -0.2) is 12.8 Å². The van der Waals surface area contributed by atoms with E-state index >= 15 is 0 Å². The van der Waals surface area contributed by atoms with Gasteiger partial charge < -0.3 is 10.1 Å². The monoisotopic (exact) mass is 314 g/mol. The second kappa shape index (κ2) is 5.64. The molecule has 1 aromatic rings. The molecule has 5 nitrogen and oxygen atoms in total. The van der Waals surface area contributed by atoms with Crippen LogP contribution in [0, 0.1) is 5.82 Å². The number of morpholine rings is 1. The minimum Gasteiger partial charge on any atom is -0.372 e. The van der Waals surface area contributed by atoms with E-state index in [1.807, 2.05) is 0 Å². The summed E-state index contributed by atoms with van der Waals surface area (Å²) in [5.41, 5.74) is -0.378. The number of sulfonamides is 1. The van der Waals surface area contributed by atoms with Gasteiger partial charge in [0.1, 0.15) is 5.82 Å². The molecule has 1 spiro atoms. The van der Waals surface area contributed by atoms with Crippen molar-refractivity contribution in [2.45, 2.75) is 23.3 Å². The summed E-state index contributed by atoms with van der Waals surface area (Å²) in [7, 11) is -3.59. The smallest absolute Gasteiger partial charge is 0.243 e. The molecule has 0 aromatic heterocycles. The van der Waals surface area contributed by atoms with Crippen molar-refractivity contribution in [3.63, 3.8) is 0 Å². The van der Waals surface area contributed by atoms with Crippen LogP contribution in [-0.2, 0) is 14.8 Å². The number of piperidine rings is 1. The van der Waals surface area contributed by atoms with Gasteiger partial charge in [-0.05, 0) is 50.2 Å². The molecular formula is C14H19FN2O3S. The Kier molecular flexibility index (Phi) is 4.00. The molecular weight excluding hydrogens is 295 g/mol. The second-order valence-corrected chi connectivity index (χ2v) is 7.51. The fourth-order valence-electron chi connectivity index (χ4n) is 2.96. The summed E-state index contributed by atoms with van der Waals surface area (Å²) in [4.78, 5) is 0.134. The van der Waals surface area contributed by atoms with Crippen LogP contribution in [0.4, 0.5) is 4.39 Å². The highest BCUT2D eigenvalue weighted by atomic mass is 32.2. The lowest BCUT2D eigenvalue weighted by Gasteiger charge is -2.44. The molecule has 0 saturated carbocycles. The molecule has 1 N–H and O–H groups in total. The molecule has 2 saturated heterocycles. The van der Waals surface area contributed by atoms with E-state index in [9.17, 15) is 12.8 Å². The van der Waals surface area contributed by atoms with Crippen molar-refractivity contribution in [3.05, 3.63) is 30.1 Å². The summed E-state index contributed by atoms with van der Waals surface area (Å²) in [5, 5.41) is 3.26. The maximum Gasteiger partial charge on any atom is 0.243 e. The Morgan fingerprint density at radius 1 is 1.19 bits per heavy atom. The molecule has 2 aliphatic heterocycles. The van der Waals surface area contributed by atoms with E-state index in [2.05, 4.69) is 5.32 Å². The fourth-order valence-corrected chi connectivity index (χ4v) is 4.45. The van der Waals surface area contributed by atoms with Crippen LogP contribution in [0.25, 0.3) is 0 Å². The third kappa shape index (κ3) is 2.96. The molecule has 3 rings (SSSR count). The van der Waals surface area contributed by atoms with Crippen molar-refractivity contribution < 1.29 is 17.5 Å². The van der Waals surface area contributed by atoms with E-state index in [0.717, 1.165) is 25.9 Å². The topological polar surface area (TPSA) is 58.6 Å². The Morgan fingerprint density at radius 3 is 2.52 bits per heavy atom. The summed E-state index contributed by atoms with van der Waals surface area (Å²) in [5.74, 6) is -0.439. The zero-order valence-corrected chi connectivity index (χ0v) is 12.5. The van der Waals surface area contributed by atoms with Crippen LogP contribution in [0.1, 0.15) is 12.8 Å². The first kappa shape index (κ1) is 14.9. The molecule has 21 heavy (non-hydrogen) atoms. The molecule has 116 valence electrons. The number of nitrogens with one attached hydrogen (secondary N) is 1. The molecule has 0 radical (unpaired) electrons. The van der Waals surface area contributed by atoms with E-state index in [1.165, 1.54) is 28.6 Å². The van der Waals surface area contributed by atoms with Crippen LogP contribution in [-0.4, -0.2) is 51.1 Å². The van der Waals surface area contributed by atoms with Gasteiger partial charge in [-0.3, -0.25) is 0 Å². The molecule has 7 heteroatoms. The predicted molar refractivity (Wildman–Crippen MR) is 75.9 cm³/mol. The Hall–Kier alpha value is -1.02. The summed E-state index contributed by atoms with van der Waals surface area (Å²) in [6, 6.07) is 4.98. The first-order valence-electron chi connectivity index (χ1n) is 7.12. The number of hydrogen-bond acceptors (Lipinski definition) is 4. The van der Waals surface area contributed by atoms with Crippen molar-refractivity contribution >= 4 is 10.0 Å². The van der Waals surface area contributed by atoms with Crippen molar-refractivity contribution in [1.82, 2.24) is 9.62 Å². The minimum absolute atomic E-state index is 0.134. The normalized spacial score (nSPS) is 23.3. The average Bonchev–Trinajstić information content (AvgIpc) is 2.48. The Labute approximate surface area is 124 Å². The highest BCUT2D eigenvalue weighted by Crippen LogP contribution is 2.30. The lowest BCUT2D eigenvalue weighted by molar-refractivity contribution is -0.105. The zero-order valence-electron chi connectivity index (χ0n) is 11.7. The van der Waals surface area contributed by atoms with E-state index in [-0.39, 0.29) is 10.5 Å². The standard InChI is InChI=1S/C14H19FN2O3S/c15-12-1-3-13(4-2-12)21(18,19)17-9-10-20-14(11-17)5-7-16-8-6-14/h1-4,16H,5-11H2. The summed E-state index contributed by atoms with van der Waals surface area (Å²) in [6.45, 7) is 2.79. The van der Waals surface area contributed by atoms with Crippen molar-refractivity contribution in [3.8, 4) is 0 Å². The van der Waals surface area contributed by atoms with Crippen molar-refractivity contribution in [2.75, 3.05) is 32.8 Å². The Bertz CT molecular complexity index is 592. The van der Waals surface area contributed by atoms with E-state index < -0.39 is 15.8 Å². The van der Waals surface area contributed by atoms with Crippen LogP contribution in [0.2, 0.25) is 0 Å². The number of rotatable bonds is 2. The number of hydrogen-bond donors (Lipinski definition) is 1. The highest BCUT2D eigenvalue weighted by molar-refractivity contribution is 7.89. The van der Waals surface area contributed by atoms with Gasteiger partial charge in [-0.1, -0.05) is 0 Å². The number of halogens is 1. The average molecular weight is 314 g/mol. The maximum absolute atomic E-state index is 13.0. The van der Waals surface area contributed by atoms with Gasteiger partial charge in [0.15, 0.2) is 0 Å². The SMILES string of the molecule is O=S(=O)(c1ccc(F)cc1)N1CCOC2(CCNCC2)C1. The highest BCUT2D eigenvalue weighted by Gasteiger charge is 2.41. The third-order valence-corrected chi connectivity index (χ3v) is 6.04. The maximum atomic E-state index is 13.0. The molecule has 2 fully saturated rings. The first-order chi connectivity index (χ1) is 10.0. The van der Waals surface area contributed by atoms with Gasteiger partial charge in [-0.15, -0.1) is 0 Å². The van der Waals surface area contributed by atoms with E-state index in [4.69, 9.17) is 4.74 Å².